The molecule has 3 aromatic rings. The van der Waals surface area contributed by atoms with Crippen LogP contribution >= 0.6 is 0 Å². The van der Waals surface area contributed by atoms with Crippen molar-refractivity contribution in [2.45, 2.75) is 19.0 Å². The van der Waals surface area contributed by atoms with Crippen molar-refractivity contribution < 1.29 is 22.6 Å². The van der Waals surface area contributed by atoms with Gasteiger partial charge >= 0.3 is 0 Å². The van der Waals surface area contributed by atoms with Crippen LogP contribution in [0.5, 0.6) is 17.2 Å². The van der Waals surface area contributed by atoms with Crippen LogP contribution in [0.1, 0.15) is 12.0 Å². The molecule has 1 unspecified atom stereocenters. The van der Waals surface area contributed by atoms with Gasteiger partial charge in [-0.3, -0.25) is 0 Å². The van der Waals surface area contributed by atoms with Crippen molar-refractivity contribution in [3.05, 3.63) is 48.0 Å². The van der Waals surface area contributed by atoms with Crippen LogP contribution in [0, 0.1) is 0 Å². The maximum atomic E-state index is 11.8. The van der Waals surface area contributed by atoms with Gasteiger partial charge in [-0.15, -0.1) is 0 Å². The first-order valence-corrected chi connectivity index (χ1v) is 11.9. The number of rotatable bonds is 7. The zero-order valence-electron chi connectivity index (χ0n) is 17.8. The molecule has 1 atom stereocenters. The van der Waals surface area contributed by atoms with Gasteiger partial charge in [0.15, 0.2) is 9.84 Å². The lowest BCUT2D eigenvalue weighted by Gasteiger charge is -2.17. The summed E-state index contributed by atoms with van der Waals surface area (Å²) in [5.74, 6) is 2.48. The summed E-state index contributed by atoms with van der Waals surface area (Å²) in [6, 6.07) is 13.4. The summed E-state index contributed by atoms with van der Waals surface area (Å²) < 4.78 is 40.2. The normalized spacial score (nSPS) is 17.6. The third-order valence-electron chi connectivity index (χ3n) is 5.58. The molecule has 4 rings (SSSR count). The Morgan fingerprint density at radius 2 is 1.81 bits per heavy atom. The minimum atomic E-state index is -2.96. The molecule has 0 aliphatic carbocycles. The molecule has 0 spiro atoms. The molecule has 2 heterocycles. The van der Waals surface area contributed by atoms with Crippen molar-refractivity contribution in [1.82, 2.24) is 10.3 Å². The van der Waals surface area contributed by atoms with Gasteiger partial charge in [-0.1, -0.05) is 12.1 Å². The summed E-state index contributed by atoms with van der Waals surface area (Å²) in [6.45, 7) is 0.482. The average Bonchev–Trinajstić information content (AvgIpc) is 3.14. The van der Waals surface area contributed by atoms with Crippen LogP contribution in [0.4, 0.5) is 0 Å². The predicted octanol–water partition coefficient (Wildman–Crippen LogP) is 3.20. The second kappa shape index (κ2) is 8.72. The third-order valence-corrected chi connectivity index (χ3v) is 7.35. The van der Waals surface area contributed by atoms with E-state index in [0.29, 0.717) is 30.0 Å². The molecule has 31 heavy (non-hydrogen) atoms. The van der Waals surface area contributed by atoms with E-state index in [1.54, 1.807) is 21.3 Å². The fraction of sp³-hybridized carbons (Fsp3) is 0.348. The van der Waals surface area contributed by atoms with Gasteiger partial charge in [0, 0.05) is 23.5 Å². The Balaban J connectivity index is 1.82. The highest BCUT2D eigenvalue weighted by Gasteiger charge is 2.27. The van der Waals surface area contributed by atoms with E-state index in [-0.39, 0.29) is 17.5 Å². The predicted molar refractivity (Wildman–Crippen MR) is 121 cm³/mol. The largest absolute Gasteiger partial charge is 0.497 e. The van der Waals surface area contributed by atoms with Crippen LogP contribution in [0.25, 0.3) is 22.2 Å². The van der Waals surface area contributed by atoms with Gasteiger partial charge in [-0.25, -0.2) is 13.4 Å². The highest BCUT2D eigenvalue weighted by molar-refractivity contribution is 7.91. The Morgan fingerprint density at radius 3 is 2.48 bits per heavy atom. The first kappa shape index (κ1) is 21.4. The molecule has 1 aliphatic heterocycles. The number of aromatic nitrogens is 1. The lowest BCUT2D eigenvalue weighted by atomic mass is 10.0. The Labute approximate surface area is 182 Å². The van der Waals surface area contributed by atoms with Crippen LogP contribution in [-0.2, 0) is 16.4 Å². The molecular formula is C23H26N2O5S. The van der Waals surface area contributed by atoms with E-state index in [4.69, 9.17) is 19.2 Å². The molecule has 7 nitrogen and oxygen atoms in total. The number of methoxy groups -OCH3 is 3. The molecular weight excluding hydrogens is 416 g/mol. The van der Waals surface area contributed by atoms with Gasteiger partial charge in [0.25, 0.3) is 0 Å². The number of hydrogen-bond donors (Lipinski definition) is 1. The van der Waals surface area contributed by atoms with Crippen molar-refractivity contribution in [2.75, 3.05) is 32.8 Å². The molecule has 1 fully saturated rings. The number of nitrogens with zero attached hydrogens (tertiary/aromatic N) is 1. The summed E-state index contributed by atoms with van der Waals surface area (Å²) in [6.07, 6.45) is 0.620. The zero-order valence-corrected chi connectivity index (χ0v) is 18.7. The Morgan fingerprint density at radius 1 is 1.03 bits per heavy atom. The minimum absolute atomic E-state index is 0.0638. The Kier molecular flexibility index (Phi) is 6.02. The summed E-state index contributed by atoms with van der Waals surface area (Å²) in [7, 11) is 1.91. The first-order chi connectivity index (χ1) is 14.9. The molecule has 1 aromatic heterocycles. The monoisotopic (exact) mass is 442 g/mol. The van der Waals surface area contributed by atoms with E-state index >= 15 is 0 Å². The zero-order chi connectivity index (χ0) is 22.0. The number of fused-ring (bicyclic) bond motifs is 1. The van der Waals surface area contributed by atoms with Crippen LogP contribution in [0.3, 0.4) is 0 Å². The second-order valence-corrected chi connectivity index (χ2v) is 9.80. The summed E-state index contributed by atoms with van der Waals surface area (Å²) in [4.78, 5) is 4.96. The molecule has 8 heteroatoms. The maximum Gasteiger partial charge on any atom is 0.151 e. The maximum absolute atomic E-state index is 11.8. The van der Waals surface area contributed by atoms with Crippen molar-refractivity contribution >= 4 is 20.7 Å². The van der Waals surface area contributed by atoms with Crippen LogP contribution in [0.2, 0.25) is 0 Å². The molecule has 1 N–H and O–H groups in total. The van der Waals surface area contributed by atoms with Gasteiger partial charge in [-0.05, 0) is 42.3 Å². The minimum Gasteiger partial charge on any atom is -0.497 e. The molecule has 1 aliphatic rings. The number of ether oxygens (including phenoxy) is 3. The molecule has 1 saturated heterocycles. The van der Waals surface area contributed by atoms with Crippen molar-refractivity contribution in [3.8, 4) is 28.5 Å². The standard InChI is InChI=1S/C23H26N2O5S/c1-28-18-6-4-5-15(11-18)22-16(13-24-17-9-10-31(26,27)14-17)12-19-20(29-2)7-8-21(30-3)23(19)25-22/h4-8,11-12,17,24H,9-10,13-14H2,1-3H3. The first-order valence-electron chi connectivity index (χ1n) is 10.1. The second-order valence-electron chi connectivity index (χ2n) is 7.58. The smallest absolute Gasteiger partial charge is 0.151 e. The average molecular weight is 443 g/mol. The van der Waals surface area contributed by atoms with Crippen LogP contribution in [-0.4, -0.2) is 52.3 Å². The van der Waals surface area contributed by atoms with E-state index in [9.17, 15) is 8.42 Å². The van der Waals surface area contributed by atoms with Gasteiger partial charge in [0.05, 0.1) is 38.5 Å². The number of hydrogen-bond acceptors (Lipinski definition) is 7. The van der Waals surface area contributed by atoms with E-state index in [1.165, 1.54) is 0 Å². The SMILES string of the molecule is COc1cccc(-c2nc3c(OC)ccc(OC)c3cc2CNC2CCS(=O)(=O)C2)c1. The summed E-state index contributed by atoms with van der Waals surface area (Å²) in [5, 5.41) is 4.24. The highest BCUT2D eigenvalue weighted by Crippen LogP contribution is 2.36. The van der Waals surface area contributed by atoms with Gasteiger partial charge in [0.2, 0.25) is 0 Å². The fourth-order valence-corrected chi connectivity index (χ4v) is 5.67. The molecule has 0 bridgehead atoms. The van der Waals surface area contributed by atoms with Crippen LogP contribution in [0.15, 0.2) is 42.5 Å². The van der Waals surface area contributed by atoms with Crippen LogP contribution < -0.4 is 19.5 Å². The van der Waals surface area contributed by atoms with Gasteiger partial charge < -0.3 is 19.5 Å². The van der Waals surface area contributed by atoms with Gasteiger partial charge in [0.1, 0.15) is 22.8 Å². The Bertz CT molecular complexity index is 1210. The summed E-state index contributed by atoms with van der Waals surface area (Å²) >= 11 is 0. The molecule has 2 aromatic carbocycles. The van der Waals surface area contributed by atoms with E-state index < -0.39 is 9.84 Å². The van der Waals surface area contributed by atoms with E-state index in [0.717, 1.165) is 28.0 Å². The summed E-state index contributed by atoms with van der Waals surface area (Å²) in [5.41, 5.74) is 3.33. The third kappa shape index (κ3) is 4.45. The molecule has 0 radical (unpaired) electrons. The Hall–Kier alpha value is -2.84. The van der Waals surface area contributed by atoms with E-state index in [1.807, 2.05) is 42.5 Å². The lowest BCUT2D eigenvalue weighted by molar-refractivity contribution is 0.409. The lowest BCUT2D eigenvalue weighted by Crippen LogP contribution is -2.29. The quantitative estimate of drug-likeness (QED) is 0.601. The van der Waals surface area contributed by atoms with Gasteiger partial charge in [-0.2, -0.15) is 0 Å². The number of nitrogens with one attached hydrogen (secondary N) is 1. The number of pyridine rings is 1. The number of benzene rings is 2. The topological polar surface area (TPSA) is 86.8 Å². The fourth-order valence-electron chi connectivity index (χ4n) is 3.96. The van der Waals surface area contributed by atoms with Crippen molar-refractivity contribution in [2.24, 2.45) is 0 Å². The van der Waals surface area contributed by atoms with E-state index in [2.05, 4.69) is 5.32 Å². The molecule has 0 saturated carbocycles. The van der Waals surface area contributed by atoms with Crippen molar-refractivity contribution in [3.63, 3.8) is 0 Å². The molecule has 0 amide bonds. The molecule has 164 valence electrons. The van der Waals surface area contributed by atoms with Crippen molar-refractivity contribution in [1.29, 1.82) is 0 Å². The number of sulfone groups is 1. The highest BCUT2D eigenvalue weighted by atomic mass is 32.2.